The molecule has 2 aromatic rings. The van der Waals surface area contributed by atoms with Gasteiger partial charge < -0.3 is 4.74 Å². The van der Waals surface area contributed by atoms with E-state index in [1.165, 1.54) is 11.8 Å². The van der Waals surface area contributed by atoms with Crippen molar-refractivity contribution in [1.29, 1.82) is 5.26 Å². The summed E-state index contributed by atoms with van der Waals surface area (Å²) in [6.07, 6.45) is 6.80. The normalized spacial score (nSPS) is 12.9. The highest BCUT2D eigenvalue weighted by Gasteiger charge is 2.24. The minimum Gasteiger partial charge on any atom is -0.463 e. The van der Waals surface area contributed by atoms with Gasteiger partial charge in [0.2, 0.25) is 0 Å². The summed E-state index contributed by atoms with van der Waals surface area (Å²) in [4.78, 5) is 32.8. The van der Waals surface area contributed by atoms with Crippen LogP contribution in [0.15, 0.2) is 29.6 Å². The molecule has 0 saturated heterocycles. The van der Waals surface area contributed by atoms with Crippen molar-refractivity contribution in [2.45, 2.75) is 57.1 Å². The van der Waals surface area contributed by atoms with Gasteiger partial charge in [0, 0.05) is 29.2 Å². The van der Waals surface area contributed by atoms with Gasteiger partial charge >= 0.3 is 5.97 Å². The van der Waals surface area contributed by atoms with Crippen LogP contribution in [-0.2, 0) is 27.2 Å². The minimum atomic E-state index is -0.527. The molecule has 0 atom stereocenters. The first kappa shape index (κ1) is 21.0. The van der Waals surface area contributed by atoms with Gasteiger partial charge in [-0.25, -0.2) is 4.98 Å². The van der Waals surface area contributed by atoms with E-state index in [0.717, 1.165) is 48.1 Å². The molecule has 6 nitrogen and oxygen atoms in total. The lowest BCUT2D eigenvalue weighted by atomic mass is 9.87. The third-order valence-corrected chi connectivity index (χ3v) is 5.62. The molecule has 7 heteroatoms. The summed E-state index contributed by atoms with van der Waals surface area (Å²) in [6, 6.07) is 6.08. The van der Waals surface area contributed by atoms with Crippen LogP contribution in [0, 0.1) is 11.3 Å². The zero-order valence-corrected chi connectivity index (χ0v) is 17.4. The predicted molar refractivity (Wildman–Crippen MR) is 110 cm³/mol. The lowest BCUT2D eigenvalue weighted by Crippen LogP contribution is -2.17. The summed E-state index contributed by atoms with van der Waals surface area (Å²) in [7, 11) is 0. The minimum absolute atomic E-state index is 0.0696. The van der Waals surface area contributed by atoms with E-state index in [9.17, 15) is 14.9 Å². The number of Topliss-reactive ketones (excluding diaryl/α,β-unsaturated/α-hetero) is 1. The second-order valence-electron chi connectivity index (χ2n) is 7.20. The Hall–Kier alpha value is -2.72. The molecule has 3 rings (SSSR count). The van der Waals surface area contributed by atoms with Crippen LogP contribution < -0.4 is 0 Å². The maximum atomic E-state index is 12.2. The molecule has 2 aromatic heterocycles. The molecular weight excluding hydrogens is 386 g/mol. The Bertz CT molecular complexity index is 952. The van der Waals surface area contributed by atoms with E-state index >= 15 is 0 Å². The largest absolute Gasteiger partial charge is 0.463 e. The molecule has 0 saturated carbocycles. The molecule has 0 amide bonds. The number of aryl methyl sites for hydroxylation is 1. The fourth-order valence-electron chi connectivity index (χ4n) is 3.42. The number of pyridine rings is 2. The molecule has 0 bridgehead atoms. The molecule has 1 aliphatic carbocycles. The number of ether oxygens (including phenoxy) is 1. The van der Waals surface area contributed by atoms with Crippen LogP contribution in [0.3, 0.4) is 0 Å². The highest BCUT2D eigenvalue weighted by molar-refractivity contribution is 8.00. The van der Waals surface area contributed by atoms with E-state index in [1.54, 1.807) is 26.2 Å². The number of rotatable bonds is 7. The highest BCUT2D eigenvalue weighted by Crippen LogP contribution is 2.37. The lowest BCUT2D eigenvalue weighted by molar-refractivity contribution is -0.149. The first-order valence-electron chi connectivity index (χ1n) is 9.69. The zero-order chi connectivity index (χ0) is 20.8. The van der Waals surface area contributed by atoms with E-state index in [0.29, 0.717) is 10.6 Å². The van der Waals surface area contributed by atoms with Gasteiger partial charge in [-0.2, -0.15) is 5.26 Å². The summed E-state index contributed by atoms with van der Waals surface area (Å²) < 4.78 is 5.03. The van der Waals surface area contributed by atoms with Gasteiger partial charge in [-0.15, -0.1) is 0 Å². The molecule has 0 spiro atoms. The molecule has 29 heavy (non-hydrogen) atoms. The molecule has 0 aromatic carbocycles. The van der Waals surface area contributed by atoms with Crippen LogP contribution in [0.25, 0.3) is 11.1 Å². The van der Waals surface area contributed by atoms with E-state index in [2.05, 4.69) is 11.1 Å². The zero-order valence-electron chi connectivity index (χ0n) is 16.6. The maximum Gasteiger partial charge on any atom is 0.313 e. The number of thioether (sulfide) groups is 1. The van der Waals surface area contributed by atoms with Gasteiger partial charge in [0.05, 0.1) is 17.4 Å². The van der Waals surface area contributed by atoms with Gasteiger partial charge in [-0.3, -0.25) is 14.6 Å². The van der Waals surface area contributed by atoms with E-state index in [-0.39, 0.29) is 24.1 Å². The summed E-state index contributed by atoms with van der Waals surface area (Å²) in [6.45, 7) is 3.49. The maximum absolute atomic E-state index is 12.2. The number of ketones is 1. The molecule has 2 heterocycles. The van der Waals surface area contributed by atoms with E-state index < -0.39 is 5.97 Å². The average molecular weight is 410 g/mol. The van der Waals surface area contributed by atoms with Crippen LogP contribution in [0.1, 0.15) is 49.9 Å². The number of fused-ring (bicyclic) bond motifs is 1. The van der Waals surface area contributed by atoms with Gasteiger partial charge in [0.15, 0.2) is 5.78 Å². The van der Waals surface area contributed by atoms with Crippen LogP contribution in [-0.4, -0.2) is 33.6 Å². The number of nitrogens with zero attached hydrogens (tertiary/aromatic N) is 3. The number of esters is 1. The topological polar surface area (TPSA) is 92.9 Å². The van der Waals surface area contributed by atoms with Crippen molar-refractivity contribution < 1.29 is 14.3 Å². The molecular formula is C22H23N3O3S. The van der Waals surface area contributed by atoms with Crippen molar-refractivity contribution in [3.8, 4) is 17.2 Å². The van der Waals surface area contributed by atoms with Crippen LogP contribution in [0.5, 0.6) is 0 Å². The Morgan fingerprint density at radius 1 is 1.31 bits per heavy atom. The Morgan fingerprint density at radius 2 is 2.10 bits per heavy atom. The van der Waals surface area contributed by atoms with Gasteiger partial charge in [-0.05, 0) is 51.2 Å². The lowest BCUT2D eigenvalue weighted by Gasteiger charge is -2.21. The number of carbonyl (C=O) groups is 2. The van der Waals surface area contributed by atoms with Crippen LogP contribution >= 0.6 is 11.8 Å². The number of nitriles is 1. The molecule has 0 N–H and O–H groups in total. The van der Waals surface area contributed by atoms with Crippen LogP contribution in [0.4, 0.5) is 0 Å². The molecule has 150 valence electrons. The first-order chi connectivity index (χ1) is 14.0. The second kappa shape index (κ2) is 9.66. The second-order valence-corrected chi connectivity index (χ2v) is 8.16. The molecule has 1 aliphatic rings. The monoisotopic (exact) mass is 409 g/mol. The van der Waals surface area contributed by atoms with Crippen molar-refractivity contribution in [3.63, 3.8) is 0 Å². The van der Waals surface area contributed by atoms with Gasteiger partial charge in [-0.1, -0.05) is 17.8 Å². The summed E-state index contributed by atoms with van der Waals surface area (Å²) in [5.41, 5.74) is 4.33. The van der Waals surface area contributed by atoms with Crippen molar-refractivity contribution in [3.05, 3.63) is 41.3 Å². The molecule has 0 unspecified atom stereocenters. The van der Waals surface area contributed by atoms with Gasteiger partial charge in [0.1, 0.15) is 17.5 Å². The van der Waals surface area contributed by atoms with Crippen molar-refractivity contribution in [2.75, 3.05) is 5.75 Å². The third-order valence-electron chi connectivity index (χ3n) is 4.58. The van der Waals surface area contributed by atoms with Crippen molar-refractivity contribution in [2.24, 2.45) is 0 Å². The summed E-state index contributed by atoms with van der Waals surface area (Å²) in [5.74, 6) is -0.701. The standard InChI is InChI=1S/C22H23N3O3S/c1-14(2)28-20(27)10-16(26)13-29-22-18(11-23)21(15-6-5-9-24-12-15)17-7-3-4-8-19(17)25-22/h5-6,9,12,14H,3-4,7-8,10,13H2,1-2H3. The number of carbonyl (C=O) groups excluding carboxylic acids is 2. The Labute approximate surface area is 174 Å². The fourth-order valence-corrected chi connectivity index (χ4v) is 4.29. The fraction of sp³-hybridized carbons (Fsp3) is 0.409. The molecule has 0 fully saturated rings. The molecule has 0 radical (unpaired) electrons. The Kier molecular flexibility index (Phi) is 6.99. The van der Waals surface area contributed by atoms with E-state index in [4.69, 9.17) is 9.72 Å². The predicted octanol–water partition coefficient (Wildman–Crippen LogP) is 3.90. The van der Waals surface area contributed by atoms with E-state index in [1.807, 2.05) is 12.1 Å². The number of aromatic nitrogens is 2. The smallest absolute Gasteiger partial charge is 0.313 e. The van der Waals surface area contributed by atoms with Crippen LogP contribution in [0.2, 0.25) is 0 Å². The Balaban J connectivity index is 1.89. The average Bonchev–Trinajstić information content (AvgIpc) is 2.71. The molecule has 0 aliphatic heterocycles. The SMILES string of the molecule is CC(C)OC(=O)CC(=O)CSc1nc2c(c(-c3cccnc3)c1C#N)CCCC2. The van der Waals surface area contributed by atoms with Gasteiger partial charge in [0.25, 0.3) is 0 Å². The third kappa shape index (κ3) is 5.21. The highest BCUT2D eigenvalue weighted by atomic mass is 32.2. The number of hydrogen-bond donors (Lipinski definition) is 0. The summed E-state index contributed by atoms with van der Waals surface area (Å²) in [5, 5.41) is 10.4. The first-order valence-corrected chi connectivity index (χ1v) is 10.7. The summed E-state index contributed by atoms with van der Waals surface area (Å²) >= 11 is 1.21. The van der Waals surface area contributed by atoms with Crippen molar-refractivity contribution >= 4 is 23.5 Å². The number of hydrogen-bond acceptors (Lipinski definition) is 7. The van der Waals surface area contributed by atoms with Crippen molar-refractivity contribution in [1.82, 2.24) is 9.97 Å². The Morgan fingerprint density at radius 3 is 2.79 bits per heavy atom. The quantitative estimate of drug-likeness (QED) is 0.389.